The highest BCUT2D eigenvalue weighted by Gasteiger charge is 2.12. The number of ether oxygens (including phenoxy) is 1. The van der Waals surface area contributed by atoms with E-state index in [2.05, 4.69) is 15.6 Å². The van der Waals surface area contributed by atoms with Gasteiger partial charge in [-0.1, -0.05) is 37.0 Å². The molecule has 0 amide bonds. The number of hydrogen-bond donors (Lipinski definition) is 2. The van der Waals surface area contributed by atoms with Crippen molar-refractivity contribution in [1.82, 2.24) is 14.9 Å². The second kappa shape index (κ2) is 7.85. The maximum atomic E-state index is 6.24. The third kappa shape index (κ3) is 3.94. The fraction of sp³-hybridized carbons (Fsp3) is 0.429. The van der Waals surface area contributed by atoms with E-state index in [0.717, 1.165) is 24.2 Å². The number of H-pyrrole nitrogens is 1. The molecule has 0 fully saturated rings. The fourth-order valence-electron chi connectivity index (χ4n) is 2.00. The molecule has 1 aromatic heterocycles. The first-order valence-corrected chi connectivity index (χ1v) is 8.24. The van der Waals surface area contributed by atoms with Crippen molar-refractivity contribution >= 4 is 35.4 Å². The van der Waals surface area contributed by atoms with Gasteiger partial charge in [0.1, 0.15) is 5.75 Å². The van der Waals surface area contributed by atoms with Crippen molar-refractivity contribution < 1.29 is 4.74 Å². The monoisotopic (exact) mass is 360 g/mol. The van der Waals surface area contributed by atoms with E-state index in [-0.39, 0.29) is 0 Å². The van der Waals surface area contributed by atoms with Crippen molar-refractivity contribution in [3.05, 3.63) is 38.3 Å². The van der Waals surface area contributed by atoms with Crippen molar-refractivity contribution in [1.29, 1.82) is 0 Å². The van der Waals surface area contributed by atoms with Crippen molar-refractivity contribution in [2.24, 2.45) is 0 Å². The maximum Gasteiger partial charge on any atom is 0.214 e. The Kier molecular flexibility index (Phi) is 6.11. The van der Waals surface area contributed by atoms with Crippen LogP contribution in [-0.4, -0.2) is 21.5 Å². The summed E-state index contributed by atoms with van der Waals surface area (Å²) in [5, 5.41) is 7.99. The normalized spacial score (nSPS) is 10.7. The topological polar surface area (TPSA) is 54.9 Å². The highest BCUT2D eigenvalue weighted by Crippen LogP contribution is 2.32. The van der Waals surface area contributed by atoms with Crippen molar-refractivity contribution in [3.8, 4) is 5.75 Å². The molecule has 2 rings (SSSR count). The lowest BCUT2D eigenvalue weighted by Crippen LogP contribution is -2.18. The number of aromatic amines is 1. The smallest absolute Gasteiger partial charge is 0.214 e. The summed E-state index contributed by atoms with van der Waals surface area (Å²) in [4.78, 5) is 0. The van der Waals surface area contributed by atoms with Crippen molar-refractivity contribution in [2.45, 2.75) is 33.2 Å². The summed E-state index contributed by atoms with van der Waals surface area (Å²) in [6, 6.07) is 3.51. The molecule has 0 bridgehead atoms. The lowest BCUT2D eigenvalue weighted by Gasteiger charge is -2.15. The van der Waals surface area contributed by atoms with Gasteiger partial charge in [-0.05, 0) is 30.8 Å². The predicted octanol–water partition coefficient (Wildman–Crippen LogP) is 4.34. The van der Waals surface area contributed by atoms with Crippen LogP contribution in [-0.2, 0) is 13.0 Å². The Labute approximate surface area is 144 Å². The van der Waals surface area contributed by atoms with E-state index < -0.39 is 0 Å². The number of nitrogens with zero attached hydrogens (tertiary/aromatic N) is 2. The summed E-state index contributed by atoms with van der Waals surface area (Å²) >= 11 is 17.5. The summed E-state index contributed by atoms with van der Waals surface area (Å²) < 4.78 is 8.00. The van der Waals surface area contributed by atoms with E-state index in [0.29, 0.717) is 33.7 Å². The number of nitrogens with one attached hydrogen (secondary N) is 2. The van der Waals surface area contributed by atoms with Crippen LogP contribution >= 0.6 is 35.4 Å². The second-order valence-corrected chi connectivity index (χ2v) is 5.92. The first-order valence-electron chi connectivity index (χ1n) is 7.07. The fourth-order valence-corrected chi connectivity index (χ4v) is 2.81. The molecule has 8 heteroatoms. The Hall–Kier alpha value is -1.24. The van der Waals surface area contributed by atoms with Crippen LogP contribution in [0.3, 0.4) is 0 Å². The number of hydrogen-bond acceptors (Lipinski definition) is 4. The number of aryl methyl sites for hydroxylation is 1. The number of aromatic nitrogens is 3. The van der Waals surface area contributed by atoms with Crippen LogP contribution in [0.4, 0.5) is 0 Å². The SMILES string of the molecule is CCCOc1c(Cl)cc(Cl)cc1CNn1c(CC)n[nH]c1=S. The lowest BCUT2D eigenvalue weighted by atomic mass is 10.2. The molecule has 0 spiro atoms. The Bertz CT molecular complexity index is 699. The average Bonchev–Trinajstić information content (AvgIpc) is 2.84. The van der Waals surface area contributed by atoms with E-state index in [1.54, 1.807) is 10.7 Å². The summed E-state index contributed by atoms with van der Waals surface area (Å²) in [5.74, 6) is 1.47. The minimum Gasteiger partial charge on any atom is -0.492 e. The highest BCUT2D eigenvalue weighted by molar-refractivity contribution is 7.71. The van der Waals surface area contributed by atoms with Crippen LogP contribution in [0.1, 0.15) is 31.7 Å². The average molecular weight is 361 g/mol. The summed E-state index contributed by atoms with van der Waals surface area (Å²) in [5.41, 5.74) is 4.09. The van der Waals surface area contributed by atoms with Gasteiger partial charge in [-0.2, -0.15) is 5.10 Å². The number of benzene rings is 1. The van der Waals surface area contributed by atoms with Gasteiger partial charge < -0.3 is 10.2 Å². The zero-order valence-electron chi connectivity index (χ0n) is 12.4. The van der Waals surface area contributed by atoms with Gasteiger partial charge in [-0.3, -0.25) is 5.10 Å². The van der Waals surface area contributed by atoms with E-state index in [9.17, 15) is 0 Å². The Balaban J connectivity index is 2.24. The molecule has 0 unspecified atom stereocenters. The van der Waals surface area contributed by atoms with Crippen molar-refractivity contribution in [2.75, 3.05) is 12.0 Å². The Morgan fingerprint density at radius 1 is 1.36 bits per heavy atom. The standard InChI is InChI=1S/C14H18Cl2N4OS/c1-3-5-21-13-9(6-10(15)7-11(13)16)8-17-20-12(4-2)18-19-14(20)22/h6-7,17H,3-5,8H2,1-2H3,(H,19,22). The van der Waals surface area contributed by atoms with Gasteiger partial charge in [0, 0.05) is 17.0 Å². The maximum absolute atomic E-state index is 6.24. The molecule has 1 heterocycles. The molecule has 0 saturated heterocycles. The van der Waals surface area contributed by atoms with Crippen LogP contribution < -0.4 is 10.2 Å². The molecular formula is C14H18Cl2N4OS. The van der Waals surface area contributed by atoms with Gasteiger partial charge in [0.2, 0.25) is 4.77 Å². The zero-order valence-corrected chi connectivity index (χ0v) is 14.8. The number of halogens is 2. The van der Waals surface area contributed by atoms with Gasteiger partial charge in [-0.15, -0.1) is 0 Å². The molecule has 5 nitrogen and oxygen atoms in total. The molecule has 22 heavy (non-hydrogen) atoms. The molecule has 0 atom stereocenters. The molecule has 0 radical (unpaired) electrons. The zero-order chi connectivity index (χ0) is 16.1. The largest absolute Gasteiger partial charge is 0.492 e. The molecule has 2 aromatic rings. The first kappa shape index (κ1) is 17.1. The van der Waals surface area contributed by atoms with E-state index >= 15 is 0 Å². The highest BCUT2D eigenvalue weighted by atomic mass is 35.5. The van der Waals surface area contributed by atoms with Gasteiger partial charge in [0.15, 0.2) is 5.82 Å². The molecule has 0 aliphatic heterocycles. The summed E-state index contributed by atoms with van der Waals surface area (Å²) in [7, 11) is 0. The van der Waals surface area contributed by atoms with Crippen LogP contribution in [0.25, 0.3) is 0 Å². The Morgan fingerprint density at radius 2 is 2.14 bits per heavy atom. The van der Waals surface area contributed by atoms with E-state index in [1.807, 2.05) is 19.9 Å². The van der Waals surface area contributed by atoms with Crippen LogP contribution in [0, 0.1) is 4.77 Å². The van der Waals surface area contributed by atoms with Crippen LogP contribution in [0.5, 0.6) is 5.75 Å². The lowest BCUT2D eigenvalue weighted by molar-refractivity contribution is 0.314. The quantitative estimate of drug-likeness (QED) is 0.721. The van der Waals surface area contributed by atoms with Gasteiger partial charge in [0.05, 0.1) is 18.2 Å². The third-order valence-electron chi connectivity index (χ3n) is 3.02. The molecule has 120 valence electrons. The Morgan fingerprint density at radius 3 is 2.82 bits per heavy atom. The molecule has 2 N–H and O–H groups in total. The summed E-state index contributed by atoms with van der Waals surface area (Å²) in [6.07, 6.45) is 1.66. The first-order chi connectivity index (χ1) is 10.6. The van der Waals surface area contributed by atoms with Crippen LogP contribution in [0.15, 0.2) is 12.1 Å². The molecular weight excluding hydrogens is 343 g/mol. The molecule has 0 aliphatic rings. The third-order valence-corrected chi connectivity index (χ3v) is 3.79. The van der Waals surface area contributed by atoms with E-state index in [4.69, 9.17) is 40.2 Å². The van der Waals surface area contributed by atoms with Gasteiger partial charge >= 0.3 is 0 Å². The van der Waals surface area contributed by atoms with Gasteiger partial charge in [0.25, 0.3) is 0 Å². The van der Waals surface area contributed by atoms with Gasteiger partial charge in [-0.25, -0.2) is 4.68 Å². The molecule has 0 saturated carbocycles. The molecule has 0 aliphatic carbocycles. The predicted molar refractivity (Wildman–Crippen MR) is 92.1 cm³/mol. The molecule has 1 aromatic carbocycles. The summed E-state index contributed by atoms with van der Waals surface area (Å²) in [6.45, 7) is 5.12. The second-order valence-electron chi connectivity index (χ2n) is 4.69. The van der Waals surface area contributed by atoms with Crippen LogP contribution in [0.2, 0.25) is 10.0 Å². The van der Waals surface area contributed by atoms with Crippen molar-refractivity contribution in [3.63, 3.8) is 0 Å². The number of rotatable bonds is 7. The minimum absolute atomic E-state index is 0.472. The van der Waals surface area contributed by atoms with E-state index in [1.165, 1.54) is 0 Å². The minimum atomic E-state index is 0.472.